The van der Waals surface area contributed by atoms with E-state index in [0.29, 0.717) is 0 Å². The monoisotopic (exact) mass is 793 g/mol. The average Bonchev–Trinajstić information content (AvgIpc) is 3.35. The molecule has 0 aliphatic carbocycles. The van der Waals surface area contributed by atoms with E-state index < -0.39 is 13.3 Å². The van der Waals surface area contributed by atoms with Crippen LogP contribution in [-0.4, -0.2) is 23.2 Å². The van der Waals surface area contributed by atoms with Crippen molar-refractivity contribution in [3.63, 3.8) is 0 Å². The zero-order valence-electron chi connectivity index (χ0n) is 25.3. The fourth-order valence-corrected chi connectivity index (χ4v) is 8.40. The first-order valence-electron chi connectivity index (χ1n) is 14.5. The van der Waals surface area contributed by atoms with E-state index >= 15 is 0 Å². The van der Waals surface area contributed by atoms with Gasteiger partial charge >= 0.3 is 132 Å². The Labute approximate surface area is 266 Å². The second-order valence-corrected chi connectivity index (χ2v) is 22.5. The molecule has 0 amide bonds. The van der Waals surface area contributed by atoms with Crippen LogP contribution >= 0.6 is 0 Å². The smallest absolute Gasteiger partial charge is 0.120 e. The van der Waals surface area contributed by atoms with Crippen LogP contribution < -0.4 is 4.40 Å². The molecule has 0 bridgehead atoms. The first kappa shape index (κ1) is 31.9. The zero-order chi connectivity index (χ0) is 29.0. The van der Waals surface area contributed by atoms with E-state index in [1.807, 2.05) is 48.7 Å². The summed E-state index contributed by atoms with van der Waals surface area (Å²) in [6.45, 7) is 6.68. The molecule has 42 heavy (non-hydrogen) atoms. The number of fused-ring (bicyclic) bond motifs is 3. The molecule has 3 heterocycles. The topological polar surface area (TPSA) is 38.9 Å². The molecule has 0 aliphatic rings. The van der Waals surface area contributed by atoms with Gasteiger partial charge in [-0.1, -0.05) is 35.2 Å². The van der Waals surface area contributed by atoms with E-state index in [9.17, 15) is 0 Å². The van der Waals surface area contributed by atoms with Crippen molar-refractivity contribution >= 4 is 39.6 Å². The standard InChI is InChI=1S/C19H26GeN.C18H12NO.Ir/c1-6-15(2)12-17-13-19(16-10-8-7-9-11-16)21-14-18(17)20(3,4)5;1-12-8-9-19-16(10-12)13-6-7-18-15(11-13)14-4-2-3-5-17(14)20-18;/h7-10,13-15H,6,12H2,1-5H3;2-5,7-11H,1H3;/q2*-1;. The predicted octanol–water partition coefficient (Wildman–Crippen LogP) is 9.44. The van der Waals surface area contributed by atoms with Gasteiger partial charge in [-0.15, -0.1) is 23.8 Å². The summed E-state index contributed by atoms with van der Waals surface area (Å²) in [4.78, 5) is 9.14. The summed E-state index contributed by atoms with van der Waals surface area (Å²) in [6, 6.07) is 33.1. The normalized spacial score (nSPS) is 12.0. The molecule has 1 unspecified atom stereocenters. The van der Waals surface area contributed by atoms with Crippen molar-refractivity contribution in [3.8, 4) is 22.5 Å². The molecule has 1 radical (unpaired) electrons. The van der Waals surface area contributed by atoms with E-state index in [2.05, 4.69) is 97.8 Å². The van der Waals surface area contributed by atoms with Gasteiger partial charge in [-0.2, -0.15) is 0 Å². The van der Waals surface area contributed by atoms with Crippen LogP contribution in [0.5, 0.6) is 0 Å². The molecule has 1 atom stereocenters. The molecule has 217 valence electrons. The van der Waals surface area contributed by atoms with Gasteiger partial charge < -0.3 is 9.40 Å². The molecular weight excluding hydrogens is 753 g/mol. The molecule has 6 rings (SSSR count). The van der Waals surface area contributed by atoms with Crippen LogP contribution in [0.2, 0.25) is 17.3 Å². The summed E-state index contributed by atoms with van der Waals surface area (Å²) < 4.78 is 7.37. The fourth-order valence-electron chi connectivity index (χ4n) is 5.06. The number of furan rings is 1. The van der Waals surface area contributed by atoms with Gasteiger partial charge in [0, 0.05) is 31.7 Å². The van der Waals surface area contributed by atoms with Crippen molar-refractivity contribution in [2.45, 2.75) is 50.9 Å². The third-order valence-electron chi connectivity index (χ3n) is 7.55. The number of rotatable bonds is 6. The SMILES string of the molecule is CCC(C)Cc1cc(-c2[c-]cccc2)nc[c]1[Ge]([CH3])([CH3])[CH3].Cc1ccnc(-c2[c-]cc3oc4ccccc4c3c2)c1.[Ir]. The quantitative estimate of drug-likeness (QED) is 0.125. The van der Waals surface area contributed by atoms with Gasteiger partial charge in [0.1, 0.15) is 5.58 Å². The number of aromatic nitrogens is 2. The summed E-state index contributed by atoms with van der Waals surface area (Å²) in [7, 11) is 0. The second kappa shape index (κ2) is 13.9. The molecule has 0 N–H and O–H groups in total. The Morgan fingerprint density at radius 2 is 1.60 bits per heavy atom. The molecule has 3 nitrogen and oxygen atoms in total. The molecule has 0 fully saturated rings. The maximum atomic E-state index is 5.82. The number of benzene rings is 3. The number of para-hydroxylation sites is 1. The van der Waals surface area contributed by atoms with Gasteiger partial charge in [0.05, 0.1) is 5.58 Å². The summed E-state index contributed by atoms with van der Waals surface area (Å²) in [5, 5.41) is 2.24. The van der Waals surface area contributed by atoms with Crippen molar-refractivity contribution in [1.82, 2.24) is 9.97 Å². The van der Waals surface area contributed by atoms with Gasteiger partial charge in [0.2, 0.25) is 0 Å². The molecule has 6 aromatic rings. The van der Waals surface area contributed by atoms with Gasteiger partial charge in [-0.25, -0.2) is 0 Å². The second-order valence-electron chi connectivity index (χ2n) is 11.9. The summed E-state index contributed by atoms with van der Waals surface area (Å²) in [5.41, 5.74) is 8.57. The summed E-state index contributed by atoms with van der Waals surface area (Å²) in [5.74, 6) is 8.07. The van der Waals surface area contributed by atoms with Crippen molar-refractivity contribution in [3.05, 3.63) is 115 Å². The minimum atomic E-state index is -1.87. The maximum absolute atomic E-state index is 5.82. The number of pyridine rings is 2. The minimum Gasteiger partial charge on any atom is -0.500 e. The molecule has 0 spiro atoms. The van der Waals surface area contributed by atoms with E-state index in [1.54, 1.807) is 4.40 Å². The van der Waals surface area contributed by atoms with Crippen LogP contribution in [-0.2, 0) is 26.5 Å². The molecule has 3 aromatic carbocycles. The predicted molar refractivity (Wildman–Crippen MR) is 175 cm³/mol. The Kier molecular flexibility index (Phi) is 10.6. The Morgan fingerprint density at radius 1 is 0.833 bits per heavy atom. The summed E-state index contributed by atoms with van der Waals surface area (Å²) in [6.07, 6.45) is 6.37. The molecule has 3 aromatic heterocycles. The van der Waals surface area contributed by atoms with Crippen LogP contribution in [0.15, 0.2) is 95.7 Å². The van der Waals surface area contributed by atoms with E-state index in [-0.39, 0.29) is 20.1 Å². The molecule has 0 saturated heterocycles. The molecule has 0 aliphatic heterocycles. The van der Waals surface area contributed by atoms with E-state index in [0.717, 1.165) is 56.8 Å². The van der Waals surface area contributed by atoms with Crippen LogP contribution in [0.1, 0.15) is 31.4 Å². The van der Waals surface area contributed by atoms with Crippen LogP contribution in [0.4, 0.5) is 0 Å². The van der Waals surface area contributed by atoms with Gasteiger partial charge in [0.25, 0.3) is 0 Å². The fraction of sp³-hybridized carbons (Fsp3) is 0.243. The zero-order valence-corrected chi connectivity index (χ0v) is 29.8. The Hall–Kier alpha value is -3.05. The maximum Gasteiger partial charge on any atom is 0.120 e. The average molecular weight is 792 g/mol. The summed E-state index contributed by atoms with van der Waals surface area (Å²) >= 11 is -1.87. The van der Waals surface area contributed by atoms with Crippen molar-refractivity contribution in [2.75, 3.05) is 0 Å². The minimum absolute atomic E-state index is 0. The molecule has 0 saturated carbocycles. The van der Waals surface area contributed by atoms with E-state index in [1.165, 1.54) is 17.5 Å². The third kappa shape index (κ3) is 7.47. The van der Waals surface area contributed by atoms with Crippen LogP contribution in [0.3, 0.4) is 0 Å². The van der Waals surface area contributed by atoms with Crippen molar-refractivity contribution in [1.29, 1.82) is 0 Å². The Bertz CT molecular complexity index is 1770. The number of nitrogens with zero attached hydrogens (tertiary/aromatic N) is 2. The number of aryl methyl sites for hydroxylation is 1. The largest absolute Gasteiger partial charge is 0.500 e. The van der Waals surface area contributed by atoms with Crippen molar-refractivity contribution in [2.24, 2.45) is 5.92 Å². The van der Waals surface area contributed by atoms with Crippen molar-refractivity contribution < 1.29 is 24.5 Å². The van der Waals surface area contributed by atoms with Gasteiger partial charge in [-0.3, -0.25) is 0 Å². The first-order valence-corrected chi connectivity index (χ1v) is 21.8. The van der Waals surface area contributed by atoms with Crippen LogP contribution in [0.25, 0.3) is 44.5 Å². The molecule has 5 heteroatoms. The number of hydrogen-bond acceptors (Lipinski definition) is 3. The third-order valence-corrected chi connectivity index (χ3v) is 11.9. The Balaban J connectivity index is 0.000000188. The van der Waals surface area contributed by atoms with E-state index in [4.69, 9.17) is 9.40 Å². The number of hydrogen-bond donors (Lipinski definition) is 0. The van der Waals surface area contributed by atoms with Crippen LogP contribution in [0, 0.1) is 25.0 Å². The Morgan fingerprint density at radius 3 is 2.31 bits per heavy atom. The van der Waals surface area contributed by atoms with Gasteiger partial charge in [-0.05, 0) is 24.8 Å². The molecular formula is C37H38GeIrN2O-2. The first-order chi connectivity index (χ1) is 19.7. The van der Waals surface area contributed by atoms with Gasteiger partial charge in [0.15, 0.2) is 0 Å².